The first-order valence-corrected chi connectivity index (χ1v) is 8.04. The summed E-state index contributed by atoms with van der Waals surface area (Å²) in [4.78, 5) is 25.3. The molecule has 0 aliphatic carbocycles. The quantitative estimate of drug-likeness (QED) is 0.823. The van der Waals surface area contributed by atoms with Crippen molar-refractivity contribution in [3.8, 4) is 0 Å². The highest BCUT2D eigenvalue weighted by atomic mass is 32.2. The van der Waals surface area contributed by atoms with Crippen LogP contribution in [0.1, 0.15) is 33.1 Å². The van der Waals surface area contributed by atoms with Gasteiger partial charge >= 0.3 is 12.0 Å². The van der Waals surface area contributed by atoms with E-state index < -0.39 is 12.0 Å². The summed E-state index contributed by atoms with van der Waals surface area (Å²) in [6.07, 6.45) is 2.50. The molecule has 114 valence electrons. The number of carbonyl (C=O) groups is 2. The van der Waals surface area contributed by atoms with Crippen LogP contribution in [0, 0.1) is 0 Å². The number of carboxylic acid groups (broad SMARTS) is 1. The molecule has 0 saturated carbocycles. The number of amides is 2. The minimum atomic E-state index is -0.931. The highest BCUT2D eigenvalue weighted by molar-refractivity contribution is 8.00. The number of carboxylic acids is 1. The molecule has 3 unspecified atom stereocenters. The number of aliphatic carboxylic acids is 1. The fraction of sp³-hybridized carbons (Fsp3) is 0.846. The van der Waals surface area contributed by atoms with Crippen molar-refractivity contribution in [2.75, 3.05) is 19.0 Å². The van der Waals surface area contributed by atoms with Crippen LogP contribution in [0.4, 0.5) is 4.79 Å². The van der Waals surface area contributed by atoms with Gasteiger partial charge in [-0.05, 0) is 19.8 Å². The van der Waals surface area contributed by atoms with E-state index in [4.69, 9.17) is 4.74 Å². The minimum Gasteiger partial charge on any atom is -0.480 e. The predicted octanol–water partition coefficient (Wildman–Crippen LogP) is 1.50. The Hall–Kier alpha value is -0.950. The normalized spacial score (nSPS) is 33.4. The first-order chi connectivity index (χ1) is 9.47. The monoisotopic (exact) mass is 302 g/mol. The Morgan fingerprint density at radius 2 is 2.30 bits per heavy atom. The Labute approximate surface area is 123 Å². The van der Waals surface area contributed by atoms with E-state index in [-0.39, 0.29) is 16.9 Å². The van der Waals surface area contributed by atoms with Gasteiger partial charge in [0.1, 0.15) is 6.04 Å². The van der Waals surface area contributed by atoms with E-state index in [0.29, 0.717) is 19.0 Å². The number of ether oxygens (including phenoxy) is 1. The zero-order valence-corrected chi connectivity index (χ0v) is 12.7. The SMILES string of the molecule is CCCC1SCC(C(=O)O)N1C(=O)NC1(C)CCOC1. The van der Waals surface area contributed by atoms with Gasteiger partial charge < -0.3 is 15.2 Å². The standard InChI is InChI=1S/C13H22N2O4S/c1-3-4-10-15(9(7-20-10)11(16)17)12(18)14-13(2)5-6-19-8-13/h9-10H,3-8H2,1-2H3,(H,14,18)(H,16,17). The van der Waals surface area contributed by atoms with Crippen LogP contribution in [0.25, 0.3) is 0 Å². The van der Waals surface area contributed by atoms with Crippen LogP contribution >= 0.6 is 11.8 Å². The fourth-order valence-corrected chi connectivity index (χ4v) is 4.10. The van der Waals surface area contributed by atoms with E-state index in [1.165, 1.54) is 4.90 Å². The van der Waals surface area contributed by atoms with Crippen LogP contribution in [0.2, 0.25) is 0 Å². The van der Waals surface area contributed by atoms with Gasteiger partial charge in [0.15, 0.2) is 0 Å². The minimum absolute atomic E-state index is 0.0491. The zero-order chi connectivity index (χ0) is 14.8. The number of nitrogens with one attached hydrogen (secondary N) is 1. The molecule has 3 atom stereocenters. The molecule has 2 aliphatic heterocycles. The lowest BCUT2D eigenvalue weighted by atomic mass is 10.0. The molecule has 2 amide bonds. The molecule has 7 heteroatoms. The maximum absolute atomic E-state index is 12.5. The molecule has 0 spiro atoms. The summed E-state index contributed by atoms with van der Waals surface area (Å²) in [7, 11) is 0. The Kier molecular flexibility index (Phi) is 4.80. The van der Waals surface area contributed by atoms with Crippen molar-refractivity contribution >= 4 is 23.8 Å². The lowest BCUT2D eigenvalue weighted by Gasteiger charge is -2.32. The predicted molar refractivity (Wildman–Crippen MR) is 76.8 cm³/mol. The molecule has 2 saturated heterocycles. The van der Waals surface area contributed by atoms with Gasteiger partial charge in [-0.2, -0.15) is 0 Å². The molecule has 6 nitrogen and oxygen atoms in total. The molecule has 2 aliphatic rings. The third kappa shape index (κ3) is 3.20. The number of nitrogens with zero attached hydrogens (tertiary/aromatic N) is 1. The maximum atomic E-state index is 12.5. The third-order valence-corrected chi connectivity index (χ3v) is 5.13. The maximum Gasteiger partial charge on any atom is 0.327 e. The van der Waals surface area contributed by atoms with Crippen LogP contribution in [0.3, 0.4) is 0 Å². The smallest absolute Gasteiger partial charge is 0.327 e. The second-order valence-electron chi connectivity index (χ2n) is 5.63. The summed E-state index contributed by atoms with van der Waals surface area (Å²) in [5, 5.41) is 12.2. The van der Waals surface area contributed by atoms with Crippen LogP contribution in [0.15, 0.2) is 0 Å². The molecule has 2 fully saturated rings. The van der Waals surface area contributed by atoms with Crippen molar-refractivity contribution in [2.45, 2.75) is 50.1 Å². The van der Waals surface area contributed by atoms with Crippen molar-refractivity contribution in [3.63, 3.8) is 0 Å². The van der Waals surface area contributed by atoms with E-state index in [1.54, 1.807) is 11.8 Å². The highest BCUT2D eigenvalue weighted by Crippen LogP contribution is 2.33. The Morgan fingerprint density at radius 3 is 2.85 bits per heavy atom. The summed E-state index contributed by atoms with van der Waals surface area (Å²) in [5.41, 5.74) is -0.385. The van der Waals surface area contributed by atoms with E-state index in [0.717, 1.165) is 19.3 Å². The van der Waals surface area contributed by atoms with Gasteiger partial charge in [0.25, 0.3) is 0 Å². The molecule has 0 aromatic rings. The summed E-state index contributed by atoms with van der Waals surface area (Å²) < 4.78 is 5.32. The highest BCUT2D eigenvalue weighted by Gasteiger charge is 2.43. The third-order valence-electron chi connectivity index (χ3n) is 3.78. The van der Waals surface area contributed by atoms with E-state index in [1.807, 2.05) is 13.8 Å². The number of carbonyl (C=O) groups excluding carboxylic acids is 1. The van der Waals surface area contributed by atoms with Gasteiger partial charge in [-0.1, -0.05) is 13.3 Å². The summed E-state index contributed by atoms with van der Waals surface area (Å²) in [6.45, 7) is 5.09. The van der Waals surface area contributed by atoms with Crippen LogP contribution in [-0.2, 0) is 9.53 Å². The molecular weight excluding hydrogens is 280 g/mol. The van der Waals surface area contributed by atoms with Gasteiger partial charge in [0, 0.05) is 12.4 Å². The topological polar surface area (TPSA) is 78.9 Å². The van der Waals surface area contributed by atoms with Crippen LogP contribution in [0.5, 0.6) is 0 Å². The molecular formula is C13H22N2O4S. The number of rotatable bonds is 4. The van der Waals surface area contributed by atoms with Crippen molar-refractivity contribution in [1.82, 2.24) is 10.2 Å². The number of thioether (sulfide) groups is 1. The average Bonchev–Trinajstić information content (AvgIpc) is 2.96. The average molecular weight is 302 g/mol. The number of hydrogen-bond donors (Lipinski definition) is 2. The first-order valence-electron chi connectivity index (χ1n) is 6.99. The lowest BCUT2D eigenvalue weighted by Crippen LogP contribution is -2.56. The van der Waals surface area contributed by atoms with Crippen LogP contribution < -0.4 is 5.32 Å². The number of urea groups is 1. The van der Waals surface area contributed by atoms with Crippen molar-refractivity contribution in [2.24, 2.45) is 0 Å². The van der Waals surface area contributed by atoms with Crippen LogP contribution in [-0.4, -0.2) is 57.9 Å². The lowest BCUT2D eigenvalue weighted by molar-refractivity contribution is -0.141. The molecule has 2 heterocycles. The molecule has 20 heavy (non-hydrogen) atoms. The molecule has 0 aromatic heterocycles. The first kappa shape index (κ1) is 15.4. The van der Waals surface area contributed by atoms with Crippen molar-refractivity contribution < 1.29 is 19.4 Å². The molecule has 2 N–H and O–H groups in total. The van der Waals surface area contributed by atoms with Gasteiger partial charge in [0.2, 0.25) is 0 Å². The molecule has 2 rings (SSSR count). The zero-order valence-electron chi connectivity index (χ0n) is 11.9. The van der Waals surface area contributed by atoms with E-state index in [2.05, 4.69) is 5.32 Å². The van der Waals surface area contributed by atoms with E-state index in [9.17, 15) is 14.7 Å². The van der Waals surface area contributed by atoms with Gasteiger partial charge in [-0.15, -0.1) is 11.8 Å². The van der Waals surface area contributed by atoms with Gasteiger partial charge in [0.05, 0.1) is 17.5 Å². The Balaban J connectivity index is 2.08. The summed E-state index contributed by atoms with van der Waals surface area (Å²) >= 11 is 1.55. The van der Waals surface area contributed by atoms with Gasteiger partial charge in [-0.25, -0.2) is 9.59 Å². The largest absolute Gasteiger partial charge is 0.480 e. The van der Waals surface area contributed by atoms with Crippen molar-refractivity contribution in [3.05, 3.63) is 0 Å². The second kappa shape index (κ2) is 6.22. The van der Waals surface area contributed by atoms with Crippen molar-refractivity contribution in [1.29, 1.82) is 0 Å². The summed E-state index contributed by atoms with van der Waals surface area (Å²) in [5.74, 6) is -0.472. The molecule has 0 radical (unpaired) electrons. The summed E-state index contributed by atoms with van der Waals surface area (Å²) in [6, 6.07) is -1.02. The Morgan fingerprint density at radius 1 is 1.55 bits per heavy atom. The Bertz CT molecular complexity index is 385. The second-order valence-corrected chi connectivity index (χ2v) is 6.84. The molecule has 0 bridgehead atoms. The molecule has 0 aromatic carbocycles. The van der Waals surface area contributed by atoms with E-state index >= 15 is 0 Å². The van der Waals surface area contributed by atoms with Gasteiger partial charge in [-0.3, -0.25) is 4.90 Å². The fourth-order valence-electron chi connectivity index (χ4n) is 2.58. The number of hydrogen-bond acceptors (Lipinski definition) is 4.